The van der Waals surface area contributed by atoms with Crippen molar-refractivity contribution < 1.29 is 9.59 Å². The third-order valence-corrected chi connectivity index (χ3v) is 5.36. The largest absolute Gasteiger partial charge is 0.350 e. The number of pyridine rings is 1. The van der Waals surface area contributed by atoms with Crippen LogP contribution in [0.3, 0.4) is 0 Å². The van der Waals surface area contributed by atoms with Crippen molar-refractivity contribution in [2.24, 2.45) is 7.05 Å². The summed E-state index contributed by atoms with van der Waals surface area (Å²) in [6.07, 6.45) is 8.24. The van der Waals surface area contributed by atoms with Crippen LogP contribution >= 0.6 is 0 Å². The van der Waals surface area contributed by atoms with Gasteiger partial charge in [-0.2, -0.15) is 0 Å². The molecule has 1 aromatic carbocycles. The second kappa shape index (κ2) is 7.54. The molecule has 0 radical (unpaired) electrons. The quantitative estimate of drug-likeness (QED) is 0.696. The van der Waals surface area contributed by atoms with Crippen LogP contribution < -0.4 is 5.32 Å². The van der Waals surface area contributed by atoms with E-state index >= 15 is 0 Å². The SMILES string of the molecule is Cc1cccc2c(CN(C)C(=O)C=Cc3cnc4c(c3)CCC(=O)N4)cn(C)c12. The summed E-state index contributed by atoms with van der Waals surface area (Å²) >= 11 is 0. The van der Waals surface area contributed by atoms with E-state index in [-0.39, 0.29) is 11.8 Å². The van der Waals surface area contributed by atoms with Crippen LogP contribution in [0, 0.1) is 6.92 Å². The van der Waals surface area contributed by atoms with Gasteiger partial charge in [0.05, 0.1) is 5.52 Å². The van der Waals surface area contributed by atoms with Gasteiger partial charge < -0.3 is 14.8 Å². The zero-order valence-corrected chi connectivity index (χ0v) is 16.9. The molecule has 0 unspecified atom stereocenters. The van der Waals surface area contributed by atoms with Crippen molar-refractivity contribution in [2.75, 3.05) is 12.4 Å². The first-order valence-corrected chi connectivity index (χ1v) is 9.68. The van der Waals surface area contributed by atoms with Crippen molar-refractivity contribution in [3.05, 3.63) is 65.0 Å². The molecule has 2 aromatic heterocycles. The Kier molecular flexibility index (Phi) is 4.92. The molecule has 0 fully saturated rings. The first-order chi connectivity index (χ1) is 13.9. The van der Waals surface area contributed by atoms with E-state index in [1.807, 2.05) is 20.2 Å². The lowest BCUT2D eigenvalue weighted by molar-refractivity contribution is -0.125. The van der Waals surface area contributed by atoms with E-state index in [0.717, 1.165) is 16.7 Å². The molecule has 1 aliphatic heterocycles. The molecule has 3 heterocycles. The summed E-state index contributed by atoms with van der Waals surface area (Å²) in [5.74, 6) is 0.544. The summed E-state index contributed by atoms with van der Waals surface area (Å²) in [6.45, 7) is 2.64. The lowest BCUT2D eigenvalue weighted by Gasteiger charge is -2.16. The molecule has 29 heavy (non-hydrogen) atoms. The molecule has 0 saturated heterocycles. The summed E-state index contributed by atoms with van der Waals surface area (Å²) in [5, 5.41) is 3.94. The zero-order chi connectivity index (χ0) is 20.5. The fourth-order valence-electron chi connectivity index (χ4n) is 3.87. The molecule has 6 nitrogen and oxygen atoms in total. The van der Waals surface area contributed by atoms with Gasteiger partial charge in [0.1, 0.15) is 5.82 Å². The lowest BCUT2D eigenvalue weighted by Crippen LogP contribution is -2.24. The van der Waals surface area contributed by atoms with Crippen LogP contribution in [0.1, 0.15) is 28.7 Å². The maximum absolute atomic E-state index is 12.6. The normalized spacial score (nSPS) is 13.6. The van der Waals surface area contributed by atoms with Crippen LogP contribution in [0.25, 0.3) is 17.0 Å². The average Bonchev–Trinajstić information content (AvgIpc) is 3.02. The third-order valence-electron chi connectivity index (χ3n) is 5.36. The second-order valence-corrected chi connectivity index (χ2v) is 7.59. The fraction of sp³-hybridized carbons (Fsp3) is 0.261. The summed E-state index contributed by atoms with van der Waals surface area (Å²) in [6, 6.07) is 8.22. The predicted octanol–water partition coefficient (Wildman–Crippen LogP) is 3.44. The van der Waals surface area contributed by atoms with Crippen molar-refractivity contribution in [3.63, 3.8) is 0 Å². The Labute approximate surface area is 169 Å². The van der Waals surface area contributed by atoms with Crippen molar-refractivity contribution in [1.29, 1.82) is 0 Å². The predicted molar refractivity (Wildman–Crippen MR) is 114 cm³/mol. The number of para-hydroxylation sites is 1. The molecule has 1 N–H and O–H groups in total. The van der Waals surface area contributed by atoms with Gasteiger partial charge in [-0.3, -0.25) is 9.59 Å². The molecule has 148 valence electrons. The molecular weight excluding hydrogens is 364 g/mol. The topological polar surface area (TPSA) is 67.2 Å². The van der Waals surface area contributed by atoms with Gasteiger partial charge in [-0.15, -0.1) is 0 Å². The Bertz CT molecular complexity index is 1140. The number of nitrogens with one attached hydrogen (secondary N) is 1. The highest BCUT2D eigenvalue weighted by molar-refractivity contribution is 5.94. The number of fused-ring (bicyclic) bond motifs is 2. The van der Waals surface area contributed by atoms with Crippen LogP contribution in [-0.2, 0) is 29.6 Å². The number of carbonyl (C=O) groups is 2. The maximum Gasteiger partial charge on any atom is 0.246 e. The van der Waals surface area contributed by atoms with Crippen molar-refractivity contribution in [3.8, 4) is 0 Å². The van der Waals surface area contributed by atoms with Gasteiger partial charge in [-0.25, -0.2) is 4.98 Å². The highest BCUT2D eigenvalue weighted by Gasteiger charge is 2.16. The Hall–Kier alpha value is -3.41. The standard InChI is InChI=1S/C23H24N4O2/c1-15-5-4-6-19-18(14-27(3)22(15)19)13-26(2)21(29)10-7-16-11-17-8-9-20(28)25-23(17)24-12-16/h4-7,10-12,14H,8-9,13H2,1-3H3,(H,24,25,28). The molecule has 1 aliphatic rings. The number of rotatable bonds is 4. The molecule has 0 bridgehead atoms. The van der Waals surface area contributed by atoms with Gasteiger partial charge in [-0.05, 0) is 47.7 Å². The maximum atomic E-state index is 12.6. The van der Waals surface area contributed by atoms with E-state index in [0.29, 0.717) is 25.2 Å². The minimum Gasteiger partial charge on any atom is -0.350 e. The first-order valence-electron chi connectivity index (χ1n) is 9.68. The third kappa shape index (κ3) is 3.78. The molecule has 0 saturated carbocycles. The summed E-state index contributed by atoms with van der Waals surface area (Å²) in [4.78, 5) is 30.1. The number of nitrogens with zero attached hydrogens (tertiary/aromatic N) is 3. The number of aromatic nitrogens is 2. The van der Waals surface area contributed by atoms with Crippen molar-refractivity contribution in [2.45, 2.75) is 26.3 Å². The van der Waals surface area contributed by atoms with Gasteiger partial charge in [-0.1, -0.05) is 18.2 Å². The molecule has 6 heteroatoms. The number of benzene rings is 1. The number of anilines is 1. The summed E-state index contributed by atoms with van der Waals surface area (Å²) in [5.41, 5.74) is 5.40. The van der Waals surface area contributed by atoms with Gasteiger partial charge in [0.25, 0.3) is 0 Å². The van der Waals surface area contributed by atoms with E-state index in [4.69, 9.17) is 0 Å². The number of hydrogen-bond acceptors (Lipinski definition) is 3. The molecule has 0 spiro atoms. The fourth-order valence-corrected chi connectivity index (χ4v) is 3.87. The summed E-state index contributed by atoms with van der Waals surface area (Å²) < 4.78 is 2.12. The summed E-state index contributed by atoms with van der Waals surface area (Å²) in [7, 11) is 3.84. The van der Waals surface area contributed by atoms with E-state index in [1.54, 1.807) is 23.2 Å². The molecule has 2 amide bonds. The van der Waals surface area contributed by atoms with Crippen LogP contribution in [-0.4, -0.2) is 33.3 Å². The van der Waals surface area contributed by atoms with E-state index in [9.17, 15) is 9.59 Å². The molecule has 4 rings (SSSR count). The Morgan fingerprint density at radius 1 is 1.34 bits per heavy atom. The van der Waals surface area contributed by atoms with Gasteiger partial charge in [0, 0.05) is 50.9 Å². The van der Waals surface area contributed by atoms with E-state index in [1.165, 1.54) is 16.5 Å². The highest BCUT2D eigenvalue weighted by Crippen LogP contribution is 2.25. The average molecular weight is 388 g/mol. The number of carbonyl (C=O) groups excluding carboxylic acids is 2. The molecule has 0 atom stereocenters. The van der Waals surface area contributed by atoms with E-state index < -0.39 is 0 Å². The van der Waals surface area contributed by atoms with Crippen LogP contribution in [0.15, 0.2) is 42.7 Å². The Balaban J connectivity index is 1.48. The first kappa shape index (κ1) is 18.9. The highest BCUT2D eigenvalue weighted by atomic mass is 16.2. The minimum absolute atomic E-state index is 0.00581. The van der Waals surface area contributed by atoms with Crippen LogP contribution in [0.4, 0.5) is 5.82 Å². The molecule has 3 aromatic rings. The number of hydrogen-bond donors (Lipinski definition) is 1. The number of likely N-dealkylation sites (N-methyl/N-ethyl adjacent to an activating group) is 1. The zero-order valence-electron chi connectivity index (χ0n) is 16.9. The number of amides is 2. The van der Waals surface area contributed by atoms with Crippen LogP contribution in [0.2, 0.25) is 0 Å². The van der Waals surface area contributed by atoms with Gasteiger partial charge in [0.15, 0.2) is 0 Å². The minimum atomic E-state index is -0.0688. The number of aryl methyl sites for hydroxylation is 3. The Morgan fingerprint density at radius 3 is 3.00 bits per heavy atom. The van der Waals surface area contributed by atoms with Crippen molar-refractivity contribution in [1.82, 2.24) is 14.5 Å². The molecule has 0 aliphatic carbocycles. The van der Waals surface area contributed by atoms with Crippen molar-refractivity contribution >= 4 is 34.6 Å². The second-order valence-electron chi connectivity index (χ2n) is 7.59. The monoisotopic (exact) mass is 388 g/mol. The smallest absolute Gasteiger partial charge is 0.246 e. The van der Waals surface area contributed by atoms with Crippen LogP contribution in [0.5, 0.6) is 0 Å². The molecular formula is C23H24N4O2. The van der Waals surface area contributed by atoms with Gasteiger partial charge in [0.2, 0.25) is 11.8 Å². The van der Waals surface area contributed by atoms with Gasteiger partial charge >= 0.3 is 0 Å². The Morgan fingerprint density at radius 2 is 2.17 bits per heavy atom. The van der Waals surface area contributed by atoms with E-state index in [2.05, 4.69) is 46.2 Å². The lowest BCUT2D eigenvalue weighted by atomic mass is 10.0.